The number of methoxy groups -OCH3 is 4. The smallest absolute Gasteiger partial charge is 0.313 e. The number of hydrogen-bond donors (Lipinski definition) is 2. The number of aliphatic hydroxyl groups excluding tert-OH is 1. The summed E-state index contributed by atoms with van der Waals surface area (Å²) in [6, 6.07) is 29.6. The molecule has 85 heavy (non-hydrogen) atoms. The van der Waals surface area contributed by atoms with Gasteiger partial charge in [0.2, 0.25) is 0 Å². The molecule has 0 aliphatic carbocycles. The number of carbonyl (C=O) groups is 2. The van der Waals surface area contributed by atoms with Gasteiger partial charge in [-0.1, -0.05) is 34.6 Å². The van der Waals surface area contributed by atoms with E-state index in [-0.39, 0.29) is 44.4 Å². The number of rotatable bonds is 15. The third-order valence-electron chi connectivity index (χ3n) is 14.7. The molecular formula is C62H72N2O21. The zero-order chi connectivity index (χ0) is 60.6. The molecule has 6 aromatic rings. The van der Waals surface area contributed by atoms with Crippen molar-refractivity contribution in [3.05, 3.63) is 109 Å². The van der Waals surface area contributed by atoms with Crippen molar-refractivity contribution in [3.8, 4) is 67.8 Å². The maximum atomic E-state index is 13.2. The van der Waals surface area contributed by atoms with E-state index in [4.69, 9.17) is 85.2 Å². The van der Waals surface area contributed by atoms with Gasteiger partial charge < -0.3 is 90.3 Å². The van der Waals surface area contributed by atoms with E-state index in [1.165, 1.54) is 0 Å². The van der Waals surface area contributed by atoms with E-state index in [0.717, 1.165) is 28.0 Å². The van der Waals surface area contributed by atoms with Crippen molar-refractivity contribution < 1.29 is 99.9 Å². The summed E-state index contributed by atoms with van der Waals surface area (Å²) in [5.41, 5.74) is 5.77. The van der Waals surface area contributed by atoms with Gasteiger partial charge in [-0.05, 0) is 139 Å². The molecule has 23 heteroatoms. The summed E-state index contributed by atoms with van der Waals surface area (Å²) >= 11 is 0. The van der Waals surface area contributed by atoms with Crippen LogP contribution in [-0.4, -0.2) is 159 Å². The Kier molecular flexibility index (Phi) is 17.8. The molecule has 2 N–H and O–H groups in total. The molecule has 6 fully saturated rings. The van der Waals surface area contributed by atoms with Gasteiger partial charge >= 0.3 is 11.9 Å². The van der Waals surface area contributed by atoms with E-state index in [9.17, 15) is 14.7 Å². The van der Waals surface area contributed by atoms with Crippen molar-refractivity contribution in [2.24, 2.45) is 0 Å². The zero-order valence-electron chi connectivity index (χ0n) is 49.4. The van der Waals surface area contributed by atoms with Crippen LogP contribution in [-0.2, 0) is 74.5 Å². The highest BCUT2D eigenvalue weighted by Gasteiger charge is 2.62. The molecule has 4 aromatic carbocycles. The Balaban J connectivity index is 0.000000157. The lowest BCUT2D eigenvalue weighted by atomic mass is 9.98. The Hall–Kier alpha value is -7.00. The van der Waals surface area contributed by atoms with E-state index in [1.807, 2.05) is 152 Å². The summed E-state index contributed by atoms with van der Waals surface area (Å²) < 4.78 is 97.0. The molecule has 12 rings (SSSR count). The van der Waals surface area contributed by atoms with Crippen LogP contribution in [0.25, 0.3) is 44.8 Å². The van der Waals surface area contributed by atoms with Crippen LogP contribution in [0.3, 0.4) is 0 Å². The Morgan fingerprint density at radius 2 is 0.776 bits per heavy atom. The second-order valence-electron chi connectivity index (χ2n) is 22.6. The topological polar surface area (TPSA) is 265 Å². The maximum absolute atomic E-state index is 13.2. The molecule has 8 heterocycles. The van der Waals surface area contributed by atoms with Gasteiger partial charge in [0, 0.05) is 11.1 Å². The SMILES string of the molecule is CC1(C)OC2OC(CO)C3OC(C)(C)OC3C2O1.COc1ccc(-c2noc(CC(=O)O)c2-c2ccc(OC)cc2)cc1.COc1ccc(-c2noc(CC(=O)OCC3OC4OC(C)(C)OC4C4OC(C)(C)OC34)c2-c2ccc(OC)cc2)cc1. The van der Waals surface area contributed by atoms with Crippen LogP contribution in [0, 0.1) is 0 Å². The second-order valence-corrected chi connectivity index (χ2v) is 22.6. The third-order valence-corrected chi connectivity index (χ3v) is 14.7. The minimum atomic E-state index is -0.979. The maximum Gasteiger partial charge on any atom is 0.313 e. The first-order chi connectivity index (χ1) is 40.5. The third kappa shape index (κ3) is 13.7. The van der Waals surface area contributed by atoms with E-state index in [1.54, 1.807) is 28.4 Å². The standard InChI is InChI=1S/C31H35NO10.C19H17NO5.C12H20O6/c1-30(2)38-26-22(37-29-28(27(26)39-30)40-31(3,4)41-29)16-36-23(33)15-21-24(17-7-11-19(34-5)12-8-17)25(32-42-21)18-9-13-20(35-6)14-10-18;1-23-14-7-3-12(4-8-14)18-16(11-17(21)22)25-20-19(18)13-5-9-15(24-2)10-6-13;1-11(2)15-7-6(5-13)14-10-9(8(7)16-11)17-12(3,4)18-10/h7-14,22,26-29H,15-16H2,1-6H3;3-10H,11H2,1-2H3,(H,21,22);6-10,13H,5H2,1-4H3. The average Bonchev–Trinajstić information content (AvgIpc) is 3.13. The van der Waals surface area contributed by atoms with Crippen LogP contribution >= 0.6 is 0 Å². The fourth-order valence-electron chi connectivity index (χ4n) is 11.1. The molecule has 0 spiro atoms. The van der Waals surface area contributed by atoms with Crippen LogP contribution in [0.2, 0.25) is 0 Å². The molecule has 6 aliphatic heterocycles. The minimum absolute atomic E-state index is 0.0657. The fourth-order valence-corrected chi connectivity index (χ4v) is 11.1. The molecule has 0 amide bonds. The molecule has 0 saturated carbocycles. The van der Waals surface area contributed by atoms with Crippen LogP contribution < -0.4 is 18.9 Å². The number of nitrogens with zero attached hydrogens (tertiary/aromatic N) is 2. The summed E-state index contributed by atoms with van der Waals surface area (Å²) in [6.45, 7) is 14.4. The predicted octanol–water partition coefficient (Wildman–Crippen LogP) is 8.54. The number of carboxylic acid groups (broad SMARTS) is 1. The van der Waals surface area contributed by atoms with Crippen LogP contribution in [0.4, 0.5) is 0 Å². The molecule has 456 valence electrons. The second kappa shape index (κ2) is 24.8. The van der Waals surface area contributed by atoms with Crippen LogP contribution in [0.5, 0.6) is 23.0 Å². The van der Waals surface area contributed by atoms with E-state index in [0.29, 0.717) is 51.3 Å². The largest absolute Gasteiger partial charge is 0.497 e. The molecule has 10 atom stereocenters. The van der Waals surface area contributed by atoms with Gasteiger partial charge in [0.25, 0.3) is 0 Å². The Morgan fingerprint density at radius 3 is 1.15 bits per heavy atom. The normalized spacial score (nSPS) is 26.9. The first-order valence-electron chi connectivity index (χ1n) is 27.8. The highest BCUT2D eigenvalue weighted by Crippen LogP contribution is 2.46. The summed E-state index contributed by atoms with van der Waals surface area (Å²) in [6.07, 6.45) is -4.99. The number of aromatic nitrogens is 2. The molecule has 0 bridgehead atoms. The number of benzene rings is 4. The van der Waals surface area contributed by atoms with Gasteiger partial charge in [-0.2, -0.15) is 0 Å². The summed E-state index contributed by atoms with van der Waals surface area (Å²) in [5, 5.41) is 27.0. The highest BCUT2D eigenvalue weighted by molar-refractivity contribution is 5.86. The average molecular weight is 1180 g/mol. The van der Waals surface area contributed by atoms with E-state index >= 15 is 0 Å². The van der Waals surface area contributed by atoms with Gasteiger partial charge in [0.1, 0.15) is 103 Å². The van der Waals surface area contributed by atoms with Crippen molar-refractivity contribution in [2.45, 2.75) is 153 Å². The lowest BCUT2D eigenvalue weighted by molar-refractivity contribution is -0.242. The molecule has 23 nitrogen and oxygen atoms in total. The van der Waals surface area contributed by atoms with Crippen LogP contribution in [0.15, 0.2) is 106 Å². The number of carbonyl (C=O) groups excluding carboxylic acids is 1. The first-order valence-corrected chi connectivity index (χ1v) is 27.8. The number of aliphatic carboxylic acids is 1. The summed E-state index contributed by atoms with van der Waals surface area (Å²) in [5.74, 6) is -1.04. The molecule has 2 aromatic heterocycles. The highest BCUT2D eigenvalue weighted by atomic mass is 16.9. The number of esters is 1. The monoisotopic (exact) mass is 1180 g/mol. The van der Waals surface area contributed by atoms with Gasteiger partial charge in [0.05, 0.1) is 46.2 Å². The Morgan fingerprint density at radius 1 is 0.447 bits per heavy atom. The van der Waals surface area contributed by atoms with E-state index in [2.05, 4.69) is 10.3 Å². The quantitative estimate of drug-likeness (QED) is 0.0912. The van der Waals surface area contributed by atoms with Gasteiger partial charge in [-0.3, -0.25) is 9.59 Å². The minimum Gasteiger partial charge on any atom is -0.497 e. The summed E-state index contributed by atoms with van der Waals surface area (Å²) in [4.78, 5) is 24.3. The van der Waals surface area contributed by atoms with E-state index < -0.39 is 78.2 Å². The molecule has 6 aliphatic rings. The van der Waals surface area contributed by atoms with Crippen molar-refractivity contribution in [3.63, 3.8) is 0 Å². The molecule has 6 saturated heterocycles. The first kappa shape index (κ1) is 61.1. The fraction of sp³-hybridized carbons (Fsp3) is 0.484. The Bertz CT molecular complexity index is 3250. The predicted molar refractivity (Wildman–Crippen MR) is 299 cm³/mol. The molecular weight excluding hydrogens is 1110 g/mol. The van der Waals surface area contributed by atoms with Gasteiger partial charge in [0.15, 0.2) is 47.2 Å². The summed E-state index contributed by atoms with van der Waals surface area (Å²) in [7, 11) is 6.40. The lowest BCUT2D eigenvalue weighted by Gasteiger charge is -2.36. The van der Waals surface area contributed by atoms with Crippen molar-refractivity contribution >= 4 is 11.9 Å². The van der Waals surface area contributed by atoms with Gasteiger partial charge in [-0.25, -0.2) is 0 Å². The van der Waals surface area contributed by atoms with Crippen molar-refractivity contribution in [2.75, 3.05) is 41.7 Å². The number of ether oxygens (including phenoxy) is 15. The van der Waals surface area contributed by atoms with Gasteiger partial charge in [-0.15, -0.1) is 0 Å². The lowest BCUT2D eigenvalue weighted by Crippen LogP contribution is -2.56. The molecule has 10 unspecified atom stereocenters. The zero-order valence-corrected chi connectivity index (χ0v) is 49.4. The molecule has 0 radical (unpaired) electrons. The van der Waals surface area contributed by atoms with Crippen LogP contribution in [0.1, 0.15) is 66.9 Å². The Labute approximate surface area is 491 Å². The number of aliphatic hydroxyl groups is 1. The van der Waals surface area contributed by atoms with Crippen molar-refractivity contribution in [1.29, 1.82) is 0 Å². The number of carboxylic acids is 1. The van der Waals surface area contributed by atoms with Crippen molar-refractivity contribution in [1.82, 2.24) is 10.3 Å². The number of fused-ring (bicyclic) bond motifs is 6. The number of hydrogen-bond acceptors (Lipinski definition) is 22.